The van der Waals surface area contributed by atoms with Gasteiger partial charge in [0.1, 0.15) is 5.75 Å². The fourth-order valence-electron chi connectivity index (χ4n) is 2.68. The van der Waals surface area contributed by atoms with Gasteiger partial charge in [0.2, 0.25) is 0 Å². The van der Waals surface area contributed by atoms with Gasteiger partial charge in [0.15, 0.2) is 0 Å². The normalized spacial score (nSPS) is 13.1. The Labute approximate surface area is 160 Å². The molecule has 0 spiro atoms. The number of amides is 1. The number of hydrogen-bond donors (Lipinski definition) is 2. The molecule has 0 aliphatic rings. The SMILES string of the molecule is CCS[C@H](C)NC(=O)c1cc(OC)cc(C)c1S(=O)(=O)N(NC)C(C)C. The van der Waals surface area contributed by atoms with Crippen LogP contribution >= 0.6 is 11.8 Å². The molecule has 0 aromatic heterocycles. The molecule has 0 heterocycles. The first-order chi connectivity index (χ1) is 12.1. The van der Waals surface area contributed by atoms with Crippen LogP contribution in [0.1, 0.15) is 43.6 Å². The molecule has 0 radical (unpaired) electrons. The Morgan fingerprint density at radius 3 is 2.38 bits per heavy atom. The molecule has 148 valence electrons. The van der Waals surface area contributed by atoms with Gasteiger partial charge in [-0.15, -0.1) is 16.2 Å². The lowest BCUT2D eigenvalue weighted by Crippen LogP contribution is -2.46. The zero-order valence-corrected chi connectivity index (χ0v) is 18.0. The number of nitrogens with one attached hydrogen (secondary N) is 2. The molecular formula is C17H29N3O4S2. The highest BCUT2D eigenvalue weighted by atomic mass is 32.2. The maximum atomic E-state index is 13.2. The van der Waals surface area contributed by atoms with E-state index in [-0.39, 0.29) is 21.9 Å². The molecule has 0 aliphatic carbocycles. The maximum absolute atomic E-state index is 13.2. The summed E-state index contributed by atoms with van der Waals surface area (Å²) in [6.45, 7) is 9.03. The lowest BCUT2D eigenvalue weighted by Gasteiger charge is -2.27. The number of hydrazine groups is 1. The number of nitrogens with zero attached hydrogens (tertiary/aromatic N) is 1. The van der Waals surface area contributed by atoms with Gasteiger partial charge in [-0.2, -0.15) is 0 Å². The Bertz CT molecular complexity index is 736. The fraction of sp³-hybridized carbons (Fsp3) is 0.588. The van der Waals surface area contributed by atoms with Crippen molar-refractivity contribution in [1.82, 2.24) is 15.2 Å². The first-order valence-corrected chi connectivity index (χ1v) is 10.9. The number of rotatable bonds is 9. The summed E-state index contributed by atoms with van der Waals surface area (Å²) >= 11 is 1.56. The molecule has 7 nitrogen and oxygen atoms in total. The average Bonchev–Trinajstić information content (AvgIpc) is 2.53. The van der Waals surface area contributed by atoms with Gasteiger partial charge in [-0.05, 0) is 58.2 Å². The number of carbonyl (C=O) groups excluding carboxylic acids is 1. The van der Waals surface area contributed by atoms with Crippen LogP contribution in [0.3, 0.4) is 0 Å². The van der Waals surface area contributed by atoms with Gasteiger partial charge in [0, 0.05) is 6.04 Å². The molecule has 0 aliphatic heterocycles. The van der Waals surface area contributed by atoms with Crippen molar-refractivity contribution < 1.29 is 17.9 Å². The largest absolute Gasteiger partial charge is 0.497 e. The first-order valence-electron chi connectivity index (χ1n) is 8.43. The third-order valence-electron chi connectivity index (χ3n) is 3.69. The van der Waals surface area contributed by atoms with Gasteiger partial charge < -0.3 is 10.1 Å². The highest BCUT2D eigenvalue weighted by Gasteiger charge is 2.32. The highest BCUT2D eigenvalue weighted by Crippen LogP contribution is 2.29. The Kier molecular flexibility index (Phi) is 8.39. The summed E-state index contributed by atoms with van der Waals surface area (Å²) in [6.07, 6.45) is 0. The topological polar surface area (TPSA) is 87.7 Å². The molecule has 26 heavy (non-hydrogen) atoms. The van der Waals surface area contributed by atoms with E-state index in [9.17, 15) is 13.2 Å². The molecule has 1 aromatic rings. The summed E-state index contributed by atoms with van der Waals surface area (Å²) in [5, 5.41) is 2.70. The smallest absolute Gasteiger partial charge is 0.257 e. The summed E-state index contributed by atoms with van der Waals surface area (Å²) in [6, 6.07) is 2.76. The number of hydrogen-bond acceptors (Lipinski definition) is 6. The summed E-state index contributed by atoms with van der Waals surface area (Å²) in [4.78, 5) is 12.8. The second-order valence-corrected chi connectivity index (χ2v) is 9.38. The third-order valence-corrected chi connectivity index (χ3v) is 6.82. The van der Waals surface area contributed by atoms with Crippen molar-refractivity contribution in [3.63, 3.8) is 0 Å². The molecule has 0 saturated heterocycles. The Hall–Kier alpha value is -1.29. The Morgan fingerprint density at radius 1 is 1.31 bits per heavy atom. The maximum Gasteiger partial charge on any atom is 0.257 e. The summed E-state index contributed by atoms with van der Waals surface area (Å²) in [5.74, 6) is 0.826. The van der Waals surface area contributed by atoms with Crippen LogP contribution in [0.5, 0.6) is 5.75 Å². The van der Waals surface area contributed by atoms with Crippen molar-refractivity contribution in [2.45, 2.75) is 50.9 Å². The average molecular weight is 404 g/mol. The van der Waals surface area contributed by atoms with Crippen LogP contribution in [0.25, 0.3) is 0 Å². The highest BCUT2D eigenvalue weighted by molar-refractivity contribution is 7.99. The van der Waals surface area contributed by atoms with Crippen LogP contribution in [0.4, 0.5) is 0 Å². The molecule has 0 saturated carbocycles. The number of methoxy groups -OCH3 is 1. The minimum absolute atomic E-state index is 0.0208. The minimum Gasteiger partial charge on any atom is -0.497 e. The van der Waals surface area contributed by atoms with E-state index in [2.05, 4.69) is 10.7 Å². The number of ether oxygens (including phenoxy) is 1. The van der Waals surface area contributed by atoms with E-state index < -0.39 is 15.9 Å². The van der Waals surface area contributed by atoms with Crippen molar-refractivity contribution in [2.75, 3.05) is 19.9 Å². The second kappa shape index (κ2) is 9.59. The van der Waals surface area contributed by atoms with E-state index in [1.165, 1.54) is 20.2 Å². The third kappa shape index (κ3) is 5.12. The van der Waals surface area contributed by atoms with Crippen molar-refractivity contribution in [3.05, 3.63) is 23.3 Å². The number of aryl methyl sites for hydroxylation is 1. The molecule has 0 unspecified atom stereocenters. The Morgan fingerprint density at radius 2 is 1.92 bits per heavy atom. The van der Waals surface area contributed by atoms with Gasteiger partial charge in [0.25, 0.3) is 15.9 Å². The van der Waals surface area contributed by atoms with Gasteiger partial charge in [-0.3, -0.25) is 4.79 Å². The van der Waals surface area contributed by atoms with E-state index >= 15 is 0 Å². The lowest BCUT2D eigenvalue weighted by molar-refractivity contribution is 0.0947. The van der Waals surface area contributed by atoms with Crippen LogP contribution < -0.4 is 15.5 Å². The van der Waals surface area contributed by atoms with Crippen molar-refractivity contribution in [2.24, 2.45) is 0 Å². The number of benzene rings is 1. The monoisotopic (exact) mass is 403 g/mol. The minimum atomic E-state index is -3.93. The van der Waals surface area contributed by atoms with Crippen LogP contribution in [0.2, 0.25) is 0 Å². The number of sulfonamides is 1. The van der Waals surface area contributed by atoms with Gasteiger partial charge >= 0.3 is 0 Å². The van der Waals surface area contributed by atoms with Crippen molar-refractivity contribution in [3.8, 4) is 5.75 Å². The summed E-state index contributed by atoms with van der Waals surface area (Å²) in [5.41, 5.74) is 3.23. The quantitative estimate of drug-likeness (QED) is 0.486. The molecule has 1 rings (SSSR count). The summed E-state index contributed by atoms with van der Waals surface area (Å²) in [7, 11) is -0.913. The van der Waals surface area contributed by atoms with Crippen LogP contribution in [-0.4, -0.2) is 50.1 Å². The number of thioether (sulfide) groups is 1. The van der Waals surface area contributed by atoms with Gasteiger partial charge in [0.05, 0.1) is 22.9 Å². The first kappa shape index (κ1) is 22.8. The van der Waals surface area contributed by atoms with E-state index in [0.717, 1.165) is 10.2 Å². The molecular weight excluding hydrogens is 374 g/mol. The van der Waals surface area contributed by atoms with E-state index in [1.807, 2.05) is 13.8 Å². The van der Waals surface area contributed by atoms with Gasteiger partial charge in [-0.1, -0.05) is 6.92 Å². The van der Waals surface area contributed by atoms with Crippen molar-refractivity contribution >= 4 is 27.7 Å². The zero-order chi connectivity index (χ0) is 20.1. The molecule has 9 heteroatoms. The molecule has 1 atom stereocenters. The van der Waals surface area contributed by atoms with E-state index in [4.69, 9.17) is 4.74 Å². The molecule has 2 N–H and O–H groups in total. The zero-order valence-electron chi connectivity index (χ0n) is 16.4. The van der Waals surface area contributed by atoms with Crippen molar-refractivity contribution in [1.29, 1.82) is 0 Å². The molecule has 1 aromatic carbocycles. The van der Waals surface area contributed by atoms with E-state index in [1.54, 1.807) is 38.6 Å². The van der Waals surface area contributed by atoms with Gasteiger partial charge in [-0.25, -0.2) is 13.8 Å². The Balaban J connectivity index is 3.54. The molecule has 0 bridgehead atoms. The fourth-order valence-corrected chi connectivity index (χ4v) is 5.26. The predicted molar refractivity (Wildman–Crippen MR) is 106 cm³/mol. The molecule has 0 fully saturated rings. The number of carbonyl (C=O) groups is 1. The summed E-state index contributed by atoms with van der Waals surface area (Å²) < 4.78 is 32.8. The standard InChI is InChI=1S/C17H29N3O4S2/c1-8-25-13(5)19-17(21)15-10-14(24-7)9-12(4)16(15)26(22,23)20(18-6)11(2)3/h9-11,13,18H,8H2,1-7H3,(H,19,21)/t13-/m1/s1. The van der Waals surface area contributed by atoms with Crippen LogP contribution in [0, 0.1) is 6.92 Å². The lowest BCUT2D eigenvalue weighted by atomic mass is 10.1. The van der Waals surface area contributed by atoms with Crippen LogP contribution in [0.15, 0.2) is 17.0 Å². The predicted octanol–water partition coefficient (Wildman–Crippen LogP) is 2.37. The van der Waals surface area contributed by atoms with Crippen LogP contribution in [-0.2, 0) is 10.0 Å². The van der Waals surface area contributed by atoms with E-state index in [0.29, 0.717) is 11.3 Å². The molecule has 1 amide bonds. The second-order valence-electron chi connectivity index (χ2n) is 6.01.